The number of carboxylic acids is 1. The maximum absolute atomic E-state index is 12.9. The lowest BCUT2D eigenvalue weighted by Gasteiger charge is -2.25. The molecule has 0 aromatic heterocycles. The molecule has 0 bridgehead atoms. The van der Waals surface area contributed by atoms with Crippen molar-refractivity contribution in [1.29, 1.82) is 0 Å². The predicted octanol–water partition coefficient (Wildman–Crippen LogP) is 20.6. The molecule has 0 saturated carbocycles. The Morgan fingerprint density at radius 3 is 0.964 bits per heavy atom. The van der Waals surface area contributed by atoms with Gasteiger partial charge in [-0.05, 0) is 109 Å². The van der Waals surface area contributed by atoms with Gasteiger partial charge in [-0.1, -0.05) is 270 Å². The zero-order chi connectivity index (χ0) is 60.5. The van der Waals surface area contributed by atoms with Gasteiger partial charge in [0.05, 0.1) is 34.4 Å². The Morgan fingerprint density at radius 2 is 0.651 bits per heavy atom. The van der Waals surface area contributed by atoms with Crippen LogP contribution in [0.2, 0.25) is 0 Å². The summed E-state index contributed by atoms with van der Waals surface area (Å²) in [5.74, 6) is -2.04. The van der Waals surface area contributed by atoms with Gasteiger partial charge in [0.2, 0.25) is 0 Å². The fourth-order valence-electron chi connectivity index (χ4n) is 8.87. The van der Waals surface area contributed by atoms with Gasteiger partial charge < -0.3 is 28.5 Å². The third-order valence-corrected chi connectivity index (χ3v) is 13.9. The second-order valence-corrected chi connectivity index (χ2v) is 23.0. The molecule has 0 amide bonds. The van der Waals surface area contributed by atoms with Gasteiger partial charge in [0.25, 0.3) is 6.29 Å². The minimum atomic E-state index is -1.52. The SMILES string of the molecule is CC/C=C\C/C=C\C/C=C\C/C=C\C/C=C\C/C=C\C/C=C\CCCCCCCCCCCCCCCCCCCCCC(=O)OC(COC(=O)CCCCCC/C=C\C/C=C\C/C=C\C/C=C\CC)COC(OCC[N+](C)(C)C)C(=O)O. The van der Waals surface area contributed by atoms with Crippen LogP contribution >= 0.6 is 0 Å². The number of carbonyl (C=O) groups is 3. The molecule has 9 heteroatoms. The first-order valence-electron chi connectivity index (χ1n) is 33.3. The van der Waals surface area contributed by atoms with Crippen molar-refractivity contribution in [3.8, 4) is 0 Å². The van der Waals surface area contributed by atoms with Gasteiger partial charge in [-0.3, -0.25) is 9.59 Å². The Labute approximate surface area is 509 Å². The summed E-state index contributed by atoms with van der Waals surface area (Å²) in [7, 11) is 5.96. The fraction of sp³-hybridized carbons (Fsp3) is 0.662. The van der Waals surface area contributed by atoms with Gasteiger partial charge in [-0.15, -0.1) is 0 Å². The van der Waals surface area contributed by atoms with E-state index in [9.17, 15) is 19.5 Å². The van der Waals surface area contributed by atoms with Crippen LogP contribution in [0.15, 0.2) is 134 Å². The molecule has 0 saturated heterocycles. The highest BCUT2D eigenvalue weighted by Crippen LogP contribution is 2.17. The second kappa shape index (κ2) is 63.5. The number of aliphatic carboxylic acids is 1. The molecule has 0 aromatic rings. The van der Waals surface area contributed by atoms with E-state index in [4.69, 9.17) is 18.9 Å². The Balaban J connectivity index is 4.05. The maximum Gasteiger partial charge on any atom is 0.361 e. The molecule has 472 valence electrons. The Hall–Kier alpha value is -4.57. The van der Waals surface area contributed by atoms with E-state index in [1.807, 2.05) is 21.1 Å². The maximum atomic E-state index is 12.9. The second-order valence-electron chi connectivity index (χ2n) is 23.0. The van der Waals surface area contributed by atoms with E-state index in [-0.39, 0.29) is 38.6 Å². The van der Waals surface area contributed by atoms with E-state index in [1.54, 1.807) is 0 Å². The molecule has 0 rings (SSSR count). The molecule has 0 radical (unpaired) electrons. The lowest BCUT2D eigenvalue weighted by Crippen LogP contribution is -2.40. The number of quaternary nitrogens is 1. The topological polar surface area (TPSA) is 108 Å². The number of hydrogen-bond donors (Lipinski definition) is 1. The Morgan fingerprint density at radius 1 is 0.361 bits per heavy atom. The molecule has 0 fully saturated rings. The van der Waals surface area contributed by atoms with Gasteiger partial charge in [0.15, 0.2) is 6.10 Å². The molecule has 0 aliphatic rings. The minimum Gasteiger partial charge on any atom is -0.477 e. The van der Waals surface area contributed by atoms with Gasteiger partial charge in [0, 0.05) is 12.8 Å². The van der Waals surface area contributed by atoms with Crippen LogP contribution < -0.4 is 0 Å². The molecular weight excluding hydrogens is 1030 g/mol. The van der Waals surface area contributed by atoms with Gasteiger partial charge in [-0.2, -0.15) is 0 Å². The summed E-state index contributed by atoms with van der Waals surface area (Å²) in [6.07, 6.45) is 88.5. The number of nitrogens with zero attached hydrogens (tertiary/aromatic N) is 1. The molecule has 0 spiro atoms. The third kappa shape index (κ3) is 64.8. The molecule has 0 heterocycles. The first-order chi connectivity index (χ1) is 40.6. The molecule has 0 aliphatic carbocycles. The normalized spacial score (nSPS) is 13.6. The number of carboxylic acid groups (broad SMARTS) is 1. The van der Waals surface area contributed by atoms with Gasteiger partial charge >= 0.3 is 17.9 Å². The lowest BCUT2D eigenvalue weighted by molar-refractivity contribution is -0.870. The first-order valence-corrected chi connectivity index (χ1v) is 33.3. The van der Waals surface area contributed by atoms with E-state index < -0.39 is 24.3 Å². The molecule has 1 N–H and O–H groups in total. The van der Waals surface area contributed by atoms with E-state index in [0.29, 0.717) is 23.9 Å². The van der Waals surface area contributed by atoms with E-state index in [1.165, 1.54) is 109 Å². The van der Waals surface area contributed by atoms with Crippen LogP contribution in [0, 0.1) is 0 Å². The zero-order valence-corrected chi connectivity index (χ0v) is 53.8. The van der Waals surface area contributed by atoms with Crippen molar-refractivity contribution in [2.24, 2.45) is 0 Å². The van der Waals surface area contributed by atoms with E-state index in [2.05, 4.69) is 148 Å². The number of unbranched alkanes of at least 4 members (excludes halogenated alkanes) is 23. The summed E-state index contributed by atoms with van der Waals surface area (Å²) < 4.78 is 22.9. The molecule has 2 unspecified atom stereocenters. The number of ether oxygens (including phenoxy) is 4. The van der Waals surface area contributed by atoms with Crippen LogP contribution in [0.25, 0.3) is 0 Å². The summed E-state index contributed by atoms with van der Waals surface area (Å²) in [6.45, 7) is 4.62. The summed E-state index contributed by atoms with van der Waals surface area (Å²) in [4.78, 5) is 37.5. The highest BCUT2D eigenvalue weighted by Gasteiger charge is 2.25. The van der Waals surface area contributed by atoms with Crippen molar-refractivity contribution in [2.75, 3.05) is 47.5 Å². The van der Waals surface area contributed by atoms with Crippen LogP contribution in [0.1, 0.15) is 258 Å². The average Bonchev–Trinajstić information content (AvgIpc) is 3.46. The standard InChI is InChI=1S/C74H123NO8/c1-6-8-10-12-14-16-18-20-22-24-25-26-27-28-29-30-31-32-33-34-35-36-37-38-39-40-41-42-43-44-45-46-47-49-51-53-55-57-59-61-63-65-72(77)83-70(69-82-74(73(78)79)80-67-66-75(3,4)5)68-81-71(76)64-62-60-58-56-54-52-50-48-23-21-19-17-15-13-11-9-7-2/h8-11,14-17,20-23,25-26,28-29,31-32,34-35,50,52,70,74H,6-7,12-13,18-19,24,27,30,33,36-49,51,53-69H2,1-5H3/p+1/b10-8-,11-9-,16-14-,17-15-,22-20-,23-21-,26-25-,29-28-,32-31-,35-34-,52-50-. The summed E-state index contributed by atoms with van der Waals surface area (Å²) >= 11 is 0. The van der Waals surface area contributed by atoms with Crippen molar-refractivity contribution >= 4 is 17.9 Å². The predicted molar refractivity (Wildman–Crippen MR) is 354 cm³/mol. The summed E-state index contributed by atoms with van der Waals surface area (Å²) in [6, 6.07) is 0. The summed E-state index contributed by atoms with van der Waals surface area (Å²) in [5.41, 5.74) is 0. The van der Waals surface area contributed by atoms with Gasteiger partial charge in [0.1, 0.15) is 13.2 Å². The number of allylic oxidation sites excluding steroid dienone is 22. The van der Waals surface area contributed by atoms with Crippen molar-refractivity contribution in [3.05, 3.63) is 134 Å². The fourth-order valence-corrected chi connectivity index (χ4v) is 8.87. The molecule has 0 aliphatic heterocycles. The number of likely N-dealkylation sites (N-methyl/N-ethyl adjacent to an activating group) is 1. The zero-order valence-electron chi connectivity index (χ0n) is 53.8. The van der Waals surface area contributed by atoms with Crippen LogP contribution in [-0.4, -0.2) is 87.4 Å². The van der Waals surface area contributed by atoms with Crippen molar-refractivity contribution in [3.63, 3.8) is 0 Å². The highest BCUT2D eigenvalue weighted by molar-refractivity contribution is 5.71. The first kappa shape index (κ1) is 78.4. The molecule has 83 heavy (non-hydrogen) atoms. The van der Waals surface area contributed by atoms with Crippen LogP contribution in [-0.2, 0) is 33.3 Å². The number of hydrogen-bond acceptors (Lipinski definition) is 7. The molecular formula is C74H124NO8+. The lowest BCUT2D eigenvalue weighted by atomic mass is 10.0. The highest BCUT2D eigenvalue weighted by atomic mass is 16.7. The van der Waals surface area contributed by atoms with Crippen LogP contribution in [0.3, 0.4) is 0 Å². The Bertz CT molecular complexity index is 1820. The largest absolute Gasteiger partial charge is 0.477 e. The number of carbonyl (C=O) groups excluding carboxylic acids is 2. The van der Waals surface area contributed by atoms with Gasteiger partial charge in [-0.25, -0.2) is 4.79 Å². The van der Waals surface area contributed by atoms with E-state index in [0.717, 1.165) is 109 Å². The van der Waals surface area contributed by atoms with Crippen LogP contribution in [0.5, 0.6) is 0 Å². The molecule has 9 nitrogen and oxygen atoms in total. The molecule has 0 aromatic carbocycles. The van der Waals surface area contributed by atoms with E-state index >= 15 is 0 Å². The molecule has 2 atom stereocenters. The smallest absolute Gasteiger partial charge is 0.361 e. The minimum absolute atomic E-state index is 0.179. The van der Waals surface area contributed by atoms with Crippen molar-refractivity contribution in [1.82, 2.24) is 0 Å². The number of esters is 2. The third-order valence-electron chi connectivity index (χ3n) is 13.9. The number of rotatable bonds is 60. The monoisotopic (exact) mass is 1150 g/mol. The quantitative estimate of drug-likeness (QED) is 0.0211. The van der Waals surface area contributed by atoms with Crippen molar-refractivity contribution < 1.29 is 42.9 Å². The van der Waals surface area contributed by atoms with Crippen LogP contribution in [0.4, 0.5) is 0 Å². The summed E-state index contributed by atoms with van der Waals surface area (Å²) in [5, 5.41) is 9.72. The Kier molecular flexibility index (Phi) is 60.0. The average molecular weight is 1160 g/mol. The van der Waals surface area contributed by atoms with Crippen molar-refractivity contribution in [2.45, 2.75) is 270 Å².